The van der Waals surface area contributed by atoms with Gasteiger partial charge in [-0.3, -0.25) is 4.79 Å². The zero-order valence-electron chi connectivity index (χ0n) is 8.70. The predicted octanol–water partition coefficient (Wildman–Crippen LogP) is 1.40. The standard InChI is InChI=1S/C11H13ClN2O2/c12-8-3-1-2-4-9(8)14-11(10(13)15)5-6-16-7-11/h1-4,14H,5-7H2,(H2,13,15). The summed E-state index contributed by atoms with van der Waals surface area (Å²) in [5, 5.41) is 3.66. The van der Waals surface area contributed by atoms with Gasteiger partial charge in [0.2, 0.25) is 5.91 Å². The highest BCUT2D eigenvalue weighted by atomic mass is 35.5. The minimum Gasteiger partial charge on any atom is -0.378 e. The van der Waals surface area contributed by atoms with Crippen molar-refractivity contribution in [3.8, 4) is 0 Å². The molecule has 86 valence electrons. The molecule has 1 atom stereocenters. The molecule has 0 bridgehead atoms. The second-order valence-corrected chi connectivity index (χ2v) is 4.26. The molecule has 1 saturated heterocycles. The number of hydrogen-bond acceptors (Lipinski definition) is 3. The Kier molecular flexibility index (Phi) is 3.03. The number of nitrogens with one attached hydrogen (secondary N) is 1. The minimum atomic E-state index is -0.828. The highest BCUT2D eigenvalue weighted by Gasteiger charge is 2.41. The fraction of sp³-hybridized carbons (Fsp3) is 0.364. The average molecular weight is 241 g/mol. The van der Waals surface area contributed by atoms with Gasteiger partial charge in [-0.25, -0.2) is 0 Å². The van der Waals surface area contributed by atoms with Crippen LogP contribution in [0.1, 0.15) is 6.42 Å². The van der Waals surface area contributed by atoms with Crippen LogP contribution in [0.15, 0.2) is 24.3 Å². The summed E-state index contributed by atoms with van der Waals surface area (Å²) in [5.41, 5.74) is 5.28. The molecule has 5 heteroatoms. The van der Waals surface area contributed by atoms with Gasteiger partial charge in [-0.15, -0.1) is 0 Å². The summed E-state index contributed by atoms with van der Waals surface area (Å²) < 4.78 is 5.23. The maximum absolute atomic E-state index is 11.5. The molecular weight excluding hydrogens is 228 g/mol. The van der Waals surface area contributed by atoms with Crippen LogP contribution in [-0.4, -0.2) is 24.7 Å². The second kappa shape index (κ2) is 4.31. The largest absolute Gasteiger partial charge is 0.378 e. The Hall–Kier alpha value is -1.26. The fourth-order valence-corrected chi connectivity index (χ4v) is 1.92. The van der Waals surface area contributed by atoms with Gasteiger partial charge in [0, 0.05) is 13.0 Å². The van der Waals surface area contributed by atoms with Gasteiger partial charge in [0.1, 0.15) is 5.54 Å². The molecule has 16 heavy (non-hydrogen) atoms. The maximum Gasteiger partial charge on any atom is 0.245 e. The summed E-state index contributed by atoms with van der Waals surface area (Å²) in [6.45, 7) is 0.813. The summed E-state index contributed by atoms with van der Waals surface area (Å²) in [6.07, 6.45) is 0.563. The number of nitrogens with two attached hydrogens (primary N) is 1. The lowest BCUT2D eigenvalue weighted by Crippen LogP contribution is -2.51. The summed E-state index contributed by atoms with van der Waals surface area (Å²) in [4.78, 5) is 11.5. The van der Waals surface area contributed by atoms with Gasteiger partial charge in [-0.05, 0) is 12.1 Å². The fourth-order valence-electron chi connectivity index (χ4n) is 1.74. The molecule has 0 radical (unpaired) electrons. The van der Waals surface area contributed by atoms with Crippen molar-refractivity contribution >= 4 is 23.2 Å². The molecule has 3 N–H and O–H groups in total. The summed E-state index contributed by atoms with van der Waals surface area (Å²) >= 11 is 6.01. The van der Waals surface area contributed by atoms with E-state index in [4.69, 9.17) is 22.1 Å². The normalized spacial score (nSPS) is 24.3. The number of carbonyl (C=O) groups excluding carboxylic acids is 1. The average Bonchev–Trinajstić information content (AvgIpc) is 2.71. The molecule has 1 aromatic rings. The van der Waals surface area contributed by atoms with E-state index in [0.29, 0.717) is 23.7 Å². The van der Waals surface area contributed by atoms with E-state index in [1.165, 1.54) is 0 Å². The second-order valence-electron chi connectivity index (χ2n) is 3.85. The monoisotopic (exact) mass is 240 g/mol. The SMILES string of the molecule is NC(=O)C1(Nc2ccccc2Cl)CCOC1. The van der Waals surface area contributed by atoms with Crippen LogP contribution in [0.25, 0.3) is 0 Å². The van der Waals surface area contributed by atoms with Gasteiger partial charge >= 0.3 is 0 Å². The van der Waals surface area contributed by atoms with Crippen LogP contribution in [0.3, 0.4) is 0 Å². The van der Waals surface area contributed by atoms with Gasteiger partial charge in [-0.2, -0.15) is 0 Å². The molecule has 0 aromatic heterocycles. The lowest BCUT2D eigenvalue weighted by molar-refractivity contribution is -0.122. The minimum absolute atomic E-state index is 0.285. The topological polar surface area (TPSA) is 64.4 Å². The van der Waals surface area contributed by atoms with Crippen LogP contribution in [-0.2, 0) is 9.53 Å². The van der Waals surface area contributed by atoms with E-state index in [2.05, 4.69) is 5.32 Å². The van der Waals surface area contributed by atoms with Crippen LogP contribution in [0.5, 0.6) is 0 Å². The van der Waals surface area contributed by atoms with Crippen LogP contribution < -0.4 is 11.1 Å². The highest BCUT2D eigenvalue weighted by molar-refractivity contribution is 6.33. The number of primary amides is 1. The van der Waals surface area contributed by atoms with E-state index in [1.54, 1.807) is 6.07 Å². The summed E-state index contributed by atoms with van der Waals surface area (Å²) in [6, 6.07) is 7.24. The molecule has 1 unspecified atom stereocenters. The number of benzene rings is 1. The Morgan fingerprint density at radius 1 is 1.50 bits per heavy atom. The van der Waals surface area contributed by atoms with Crippen LogP contribution >= 0.6 is 11.6 Å². The van der Waals surface area contributed by atoms with E-state index < -0.39 is 11.4 Å². The first-order valence-electron chi connectivity index (χ1n) is 5.04. The molecule has 0 spiro atoms. The molecule has 1 aliphatic rings. The van der Waals surface area contributed by atoms with Crippen molar-refractivity contribution in [2.45, 2.75) is 12.0 Å². The zero-order valence-corrected chi connectivity index (χ0v) is 9.46. The number of anilines is 1. The molecular formula is C11H13ClN2O2. The molecule has 2 rings (SSSR count). The first kappa shape index (κ1) is 11.2. The van der Waals surface area contributed by atoms with Crippen molar-refractivity contribution in [1.29, 1.82) is 0 Å². The third-order valence-corrected chi connectivity index (χ3v) is 3.07. The quantitative estimate of drug-likeness (QED) is 0.839. The lowest BCUT2D eigenvalue weighted by atomic mass is 9.97. The Balaban J connectivity index is 2.25. The van der Waals surface area contributed by atoms with E-state index in [1.807, 2.05) is 18.2 Å². The Labute approximate surface area is 98.7 Å². The van der Waals surface area contributed by atoms with Crippen LogP contribution in [0, 0.1) is 0 Å². The van der Waals surface area contributed by atoms with E-state index in [-0.39, 0.29) is 6.61 Å². The molecule has 0 saturated carbocycles. The van der Waals surface area contributed by atoms with Crippen molar-refractivity contribution in [3.05, 3.63) is 29.3 Å². The van der Waals surface area contributed by atoms with E-state index in [9.17, 15) is 4.79 Å². The van der Waals surface area contributed by atoms with Gasteiger partial charge in [0.15, 0.2) is 0 Å². The first-order valence-corrected chi connectivity index (χ1v) is 5.42. The van der Waals surface area contributed by atoms with Gasteiger partial charge in [0.25, 0.3) is 0 Å². The van der Waals surface area contributed by atoms with E-state index >= 15 is 0 Å². The van der Waals surface area contributed by atoms with Gasteiger partial charge < -0.3 is 15.8 Å². The molecule has 0 aliphatic carbocycles. The molecule has 1 aromatic carbocycles. The predicted molar refractivity (Wildman–Crippen MR) is 62.4 cm³/mol. The first-order chi connectivity index (χ1) is 7.64. The van der Waals surface area contributed by atoms with Crippen molar-refractivity contribution in [2.24, 2.45) is 5.73 Å². The summed E-state index contributed by atoms with van der Waals surface area (Å²) in [7, 11) is 0. The Bertz CT molecular complexity index is 403. The smallest absolute Gasteiger partial charge is 0.245 e. The highest BCUT2D eigenvalue weighted by Crippen LogP contribution is 2.28. The van der Waals surface area contributed by atoms with Gasteiger partial charge in [-0.1, -0.05) is 23.7 Å². The number of carbonyl (C=O) groups is 1. The number of para-hydroxylation sites is 1. The summed E-state index contributed by atoms with van der Waals surface area (Å²) in [5.74, 6) is -0.412. The lowest BCUT2D eigenvalue weighted by Gasteiger charge is -2.26. The van der Waals surface area contributed by atoms with Crippen LogP contribution in [0.2, 0.25) is 5.02 Å². The van der Waals surface area contributed by atoms with Crippen molar-refractivity contribution in [3.63, 3.8) is 0 Å². The number of amides is 1. The van der Waals surface area contributed by atoms with Gasteiger partial charge in [0.05, 0.1) is 17.3 Å². The maximum atomic E-state index is 11.5. The molecule has 1 aliphatic heterocycles. The molecule has 4 nitrogen and oxygen atoms in total. The number of ether oxygens (including phenoxy) is 1. The Morgan fingerprint density at radius 2 is 2.25 bits per heavy atom. The number of rotatable bonds is 3. The number of hydrogen-bond donors (Lipinski definition) is 2. The molecule has 1 heterocycles. The molecule has 1 amide bonds. The van der Waals surface area contributed by atoms with Crippen LogP contribution in [0.4, 0.5) is 5.69 Å². The van der Waals surface area contributed by atoms with E-state index in [0.717, 1.165) is 0 Å². The Morgan fingerprint density at radius 3 is 2.81 bits per heavy atom. The van der Waals surface area contributed by atoms with Crippen molar-refractivity contribution in [2.75, 3.05) is 18.5 Å². The van der Waals surface area contributed by atoms with Crippen molar-refractivity contribution in [1.82, 2.24) is 0 Å². The number of halogens is 1. The third-order valence-electron chi connectivity index (χ3n) is 2.74. The molecule has 1 fully saturated rings. The third kappa shape index (κ3) is 1.99. The zero-order chi connectivity index (χ0) is 11.6. The van der Waals surface area contributed by atoms with Crippen molar-refractivity contribution < 1.29 is 9.53 Å².